The molecule has 1 amide bonds. The molecule has 1 aliphatic rings. The van der Waals surface area contributed by atoms with Crippen molar-refractivity contribution in [3.63, 3.8) is 0 Å². The van der Waals surface area contributed by atoms with Crippen molar-refractivity contribution in [1.82, 2.24) is 10.2 Å². The molecule has 1 fully saturated rings. The molecule has 0 saturated carbocycles. The highest BCUT2D eigenvalue weighted by Gasteiger charge is 2.33. The fourth-order valence-corrected chi connectivity index (χ4v) is 2.52. The monoisotopic (exact) mass is 336 g/mol. The molecular weight excluding hydrogens is 317 g/mol. The highest BCUT2D eigenvalue weighted by Crippen LogP contribution is 2.21. The second kappa shape index (κ2) is 8.39. The molecule has 1 aromatic rings. The minimum absolute atomic E-state index is 0. The van der Waals surface area contributed by atoms with E-state index in [1.54, 1.807) is 30.3 Å². The van der Waals surface area contributed by atoms with Gasteiger partial charge in [0.2, 0.25) is 5.91 Å². The van der Waals surface area contributed by atoms with Gasteiger partial charge >= 0.3 is 6.18 Å². The summed E-state index contributed by atoms with van der Waals surface area (Å²) in [5, 5.41) is 3.12. The van der Waals surface area contributed by atoms with Crippen molar-refractivity contribution < 1.29 is 18.0 Å². The molecule has 2 rings (SSSR count). The third-order valence-electron chi connectivity index (χ3n) is 3.56. The van der Waals surface area contributed by atoms with E-state index in [2.05, 4.69) is 5.32 Å². The third-order valence-corrected chi connectivity index (χ3v) is 3.56. The maximum absolute atomic E-state index is 12.7. The maximum Gasteiger partial charge on any atom is 0.406 e. The maximum atomic E-state index is 12.7. The van der Waals surface area contributed by atoms with Gasteiger partial charge < -0.3 is 10.2 Å². The first-order valence-corrected chi connectivity index (χ1v) is 7.03. The van der Waals surface area contributed by atoms with Crippen molar-refractivity contribution in [2.24, 2.45) is 5.92 Å². The average molecular weight is 337 g/mol. The summed E-state index contributed by atoms with van der Waals surface area (Å²) in [6, 6.07) is 8.77. The van der Waals surface area contributed by atoms with Gasteiger partial charge in [0.15, 0.2) is 0 Å². The van der Waals surface area contributed by atoms with E-state index in [-0.39, 0.29) is 31.3 Å². The number of halogens is 4. The number of carbonyl (C=O) groups is 1. The summed E-state index contributed by atoms with van der Waals surface area (Å²) in [5.41, 5.74) is 0.708. The fourth-order valence-electron chi connectivity index (χ4n) is 2.52. The molecule has 22 heavy (non-hydrogen) atoms. The predicted molar refractivity (Wildman–Crippen MR) is 80.8 cm³/mol. The van der Waals surface area contributed by atoms with Crippen LogP contribution < -0.4 is 5.32 Å². The number of carbonyl (C=O) groups excluding carboxylic acids is 1. The second-order valence-corrected chi connectivity index (χ2v) is 5.41. The van der Waals surface area contributed by atoms with Crippen LogP contribution in [-0.4, -0.2) is 36.6 Å². The normalized spacial score (nSPS) is 17.9. The van der Waals surface area contributed by atoms with Crippen molar-refractivity contribution in [2.75, 3.05) is 19.6 Å². The summed E-state index contributed by atoms with van der Waals surface area (Å²) >= 11 is 0. The van der Waals surface area contributed by atoms with Crippen molar-refractivity contribution in [1.29, 1.82) is 0 Å². The summed E-state index contributed by atoms with van der Waals surface area (Å²) in [7, 11) is 0. The molecule has 1 aromatic carbocycles. The Labute approximate surface area is 134 Å². The Bertz CT molecular complexity index is 462. The van der Waals surface area contributed by atoms with Crippen LogP contribution in [0.1, 0.15) is 18.4 Å². The number of benzene rings is 1. The van der Waals surface area contributed by atoms with Gasteiger partial charge in [0.05, 0.1) is 0 Å². The average Bonchev–Trinajstić information content (AvgIpc) is 2.90. The standard InChI is InChI=1S/C15H19F3N2O.ClH/c16-15(17,18)11-20(10-12-4-2-1-3-5-12)14(21)8-13-6-7-19-9-13;/h1-5,13,19H,6-11H2;1H. The number of hydrogen-bond acceptors (Lipinski definition) is 2. The molecule has 0 radical (unpaired) electrons. The van der Waals surface area contributed by atoms with E-state index < -0.39 is 18.6 Å². The van der Waals surface area contributed by atoms with Crippen LogP contribution in [-0.2, 0) is 11.3 Å². The quantitative estimate of drug-likeness (QED) is 0.896. The van der Waals surface area contributed by atoms with Crippen LogP contribution in [0.15, 0.2) is 30.3 Å². The predicted octanol–water partition coefficient (Wildman–Crippen LogP) is 3.00. The van der Waals surface area contributed by atoms with E-state index in [0.29, 0.717) is 12.1 Å². The second-order valence-electron chi connectivity index (χ2n) is 5.41. The van der Waals surface area contributed by atoms with E-state index in [9.17, 15) is 18.0 Å². The van der Waals surface area contributed by atoms with E-state index in [1.165, 1.54) is 0 Å². The van der Waals surface area contributed by atoms with Crippen LogP contribution in [0.4, 0.5) is 13.2 Å². The smallest absolute Gasteiger partial charge is 0.329 e. The van der Waals surface area contributed by atoms with Gasteiger partial charge in [-0.05, 0) is 31.0 Å². The largest absolute Gasteiger partial charge is 0.406 e. The van der Waals surface area contributed by atoms with Crippen molar-refractivity contribution in [3.8, 4) is 0 Å². The fraction of sp³-hybridized carbons (Fsp3) is 0.533. The van der Waals surface area contributed by atoms with Crippen LogP contribution in [0.25, 0.3) is 0 Å². The molecular formula is C15H20ClF3N2O. The minimum Gasteiger partial charge on any atom is -0.329 e. The van der Waals surface area contributed by atoms with Gasteiger partial charge in [0.1, 0.15) is 6.54 Å². The molecule has 0 aromatic heterocycles. The van der Waals surface area contributed by atoms with Gasteiger partial charge in [-0.25, -0.2) is 0 Å². The van der Waals surface area contributed by atoms with Gasteiger partial charge in [0.25, 0.3) is 0 Å². The number of alkyl halides is 3. The van der Waals surface area contributed by atoms with E-state index in [4.69, 9.17) is 0 Å². The van der Waals surface area contributed by atoms with Crippen LogP contribution >= 0.6 is 12.4 Å². The molecule has 7 heteroatoms. The SMILES string of the molecule is Cl.O=C(CC1CCNC1)N(Cc1ccccc1)CC(F)(F)F. The Kier molecular flexibility index (Phi) is 7.16. The lowest BCUT2D eigenvalue weighted by atomic mass is 10.0. The van der Waals surface area contributed by atoms with Gasteiger partial charge in [-0.1, -0.05) is 30.3 Å². The zero-order valence-electron chi connectivity index (χ0n) is 12.1. The van der Waals surface area contributed by atoms with Gasteiger partial charge in [-0.3, -0.25) is 4.79 Å². The highest BCUT2D eigenvalue weighted by molar-refractivity contribution is 5.85. The summed E-state index contributed by atoms with van der Waals surface area (Å²) < 4.78 is 38.0. The lowest BCUT2D eigenvalue weighted by Gasteiger charge is -2.25. The molecule has 1 atom stereocenters. The molecule has 0 aliphatic carbocycles. The first kappa shape index (κ1) is 18.8. The molecule has 1 saturated heterocycles. The van der Waals surface area contributed by atoms with Gasteiger partial charge in [-0.2, -0.15) is 13.2 Å². The molecule has 1 aliphatic heterocycles. The third kappa shape index (κ3) is 6.23. The minimum atomic E-state index is -4.38. The molecule has 3 nitrogen and oxygen atoms in total. The van der Waals surface area contributed by atoms with Crippen LogP contribution in [0, 0.1) is 5.92 Å². The number of hydrogen-bond donors (Lipinski definition) is 1. The lowest BCUT2D eigenvalue weighted by Crippen LogP contribution is -2.39. The zero-order valence-corrected chi connectivity index (χ0v) is 12.9. The Morgan fingerprint density at radius 2 is 1.95 bits per heavy atom. The zero-order chi connectivity index (χ0) is 15.3. The first-order valence-electron chi connectivity index (χ1n) is 7.03. The summed E-state index contributed by atoms with van der Waals surface area (Å²) in [6.45, 7) is 0.340. The molecule has 0 bridgehead atoms. The molecule has 124 valence electrons. The molecule has 1 heterocycles. The number of nitrogens with one attached hydrogen (secondary N) is 1. The van der Waals surface area contributed by atoms with Crippen LogP contribution in [0.2, 0.25) is 0 Å². The van der Waals surface area contributed by atoms with Crippen LogP contribution in [0.3, 0.4) is 0 Å². The Morgan fingerprint density at radius 1 is 1.27 bits per heavy atom. The Hall–Kier alpha value is -1.27. The van der Waals surface area contributed by atoms with E-state index in [0.717, 1.165) is 17.9 Å². The van der Waals surface area contributed by atoms with Gasteiger partial charge in [-0.15, -0.1) is 12.4 Å². The van der Waals surface area contributed by atoms with E-state index in [1.807, 2.05) is 0 Å². The topological polar surface area (TPSA) is 32.3 Å². The lowest BCUT2D eigenvalue weighted by molar-refractivity contribution is -0.162. The highest BCUT2D eigenvalue weighted by atomic mass is 35.5. The number of amides is 1. The molecule has 0 spiro atoms. The summed E-state index contributed by atoms with van der Waals surface area (Å²) in [5.74, 6) is -0.283. The van der Waals surface area contributed by atoms with Crippen molar-refractivity contribution in [3.05, 3.63) is 35.9 Å². The summed E-state index contributed by atoms with van der Waals surface area (Å²) in [6.07, 6.45) is -3.36. The van der Waals surface area contributed by atoms with Crippen LogP contribution in [0.5, 0.6) is 0 Å². The number of rotatable bonds is 5. The van der Waals surface area contributed by atoms with E-state index >= 15 is 0 Å². The Morgan fingerprint density at radius 3 is 2.50 bits per heavy atom. The van der Waals surface area contributed by atoms with Crippen molar-refractivity contribution >= 4 is 18.3 Å². The Balaban J connectivity index is 0.00000242. The molecule has 1 unspecified atom stereocenters. The first-order chi connectivity index (χ1) is 9.94. The van der Waals surface area contributed by atoms with Gasteiger partial charge in [0, 0.05) is 13.0 Å². The molecule has 1 N–H and O–H groups in total. The number of nitrogens with zero attached hydrogens (tertiary/aromatic N) is 1. The van der Waals surface area contributed by atoms with Crippen molar-refractivity contribution in [2.45, 2.75) is 25.6 Å². The summed E-state index contributed by atoms with van der Waals surface area (Å²) in [4.78, 5) is 13.1.